The SMILES string of the molecule is O=C(Nc1ccn([C@H]2O[C@H](O)[C@@H](O)[C@@H]2CO)c(=O)n1)[C@H](Cc1ccccc1)N1C(=O)c2ccccc2C1=O. The Morgan fingerprint density at radius 2 is 1.61 bits per heavy atom. The van der Waals surface area contributed by atoms with Crippen LogP contribution in [0.5, 0.6) is 0 Å². The van der Waals surface area contributed by atoms with Gasteiger partial charge in [-0.05, 0) is 23.8 Å². The number of aromatic nitrogens is 2. The van der Waals surface area contributed by atoms with Crippen LogP contribution >= 0.6 is 0 Å². The van der Waals surface area contributed by atoms with Gasteiger partial charge in [0.15, 0.2) is 6.29 Å². The minimum atomic E-state index is -1.60. The minimum Gasteiger partial charge on any atom is -0.396 e. The normalized spacial score (nSPS) is 23.4. The van der Waals surface area contributed by atoms with Crippen LogP contribution in [0.1, 0.15) is 32.5 Å². The van der Waals surface area contributed by atoms with E-state index in [4.69, 9.17) is 4.74 Å². The van der Waals surface area contributed by atoms with Gasteiger partial charge in [-0.3, -0.25) is 23.9 Å². The average molecular weight is 520 g/mol. The first-order chi connectivity index (χ1) is 18.3. The van der Waals surface area contributed by atoms with Gasteiger partial charge in [-0.2, -0.15) is 4.98 Å². The lowest BCUT2D eigenvalue weighted by atomic mass is 10.0. The molecule has 0 spiro atoms. The number of hydrogen-bond acceptors (Lipinski definition) is 9. The zero-order valence-electron chi connectivity index (χ0n) is 19.9. The van der Waals surface area contributed by atoms with Crippen LogP contribution < -0.4 is 11.0 Å². The lowest BCUT2D eigenvalue weighted by molar-refractivity contribution is -0.142. The molecule has 196 valence electrons. The molecule has 4 N–H and O–H groups in total. The summed E-state index contributed by atoms with van der Waals surface area (Å²) in [4.78, 5) is 57.2. The lowest BCUT2D eigenvalue weighted by Gasteiger charge is -2.25. The largest absolute Gasteiger partial charge is 0.396 e. The predicted molar refractivity (Wildman–Crippen MR) is 131 cm³/mol. The molecule has 2 aliphatic rings. The highest BCUT2D eigenvalue weighted by molar-refractivity contribution is 6.23. The number of imide groups is 1. The summed E-state index contributed by atoms with van der Waals surface area (Å²) < 4.78 is 6.16. The van der Waals surface area contributed by atoms with E-state index in [1.54, 1.807) is 42.5 Å². The number of fused-ring (bicyclic) bond motifs is 1. The maximum atomic E-state index is 13.5. The molecule has 12 nitrogen and oxygen atoms in total. The molecule has 3 heterocycles. The quantitative estimate of drug-likeness (QED) is 0.311. The van der Waals surface area contributed by atoms with Gasteiger partial charge in [-0.15, -0.1) is 0 Å². The van der Waals surface area contributed by atoms with Gasteiger partial charge in [-0.25, -0.2) is 4.79 Å². The molecular weight excluding hydrogens is 496 g/mol. The average Bonchev–Trinajstić information content (AvgIpc) is 3.34. The van der Waals surface area contributed by atoms with Gasteiger partial charge >= 0.3 is 5.69 Å². The summed E-state index contributed by atoms with van der Waals surface area (Å²) in [5.74, 6) is -3.06. The Kier molecular flexibility index (Phi) is 6.87. The maximum absolute atomic E-state index is 13.5. The van der Waals surface area contributed by atoms with E-state index in [-0.39, 0.29) is 23.4 Å². The number of nitrogens with zero attached hydrogens (tertiary/aromatic N) is 3. The fourth-order valence-electron chi connectivity index (χ4n) is 4.69. The van der Waals surface area contributed by atoms with E-state index in [2.05, 4.69) is 10.3 Å². The Balaban J connectivity index is 1.42. The third kappa shape index (κ3) is 4.50. The molecule has 12 heteroatoms. The number of aliphatic hydroxyl groups is 3. The monoisotopic (exact) mass is 520 g/mol. The molecule has 0 aliphatic carbocycles. The van der Waals surface area contributed by atoms with Gasteiger partial charge in [-0.1, -0.05) is 42.5 Å². The lowest BCUT2D eigenvalue weighted by Crippen LogP contribution is -2.48. The highest BCUT2D eigenvalue weighted by Gasteiger charge is 2.45. The number of aliphatic hydroxyl groups excluding tert-OH is 3. The summed E-state index contributed by atoms with van der Waals surface area (Å²) in [6, 6.07) is 15.2. The standard InChI is InChI=1S/C26H24N4O8/c31-13-17-20(32)25(36)38-24(17)29-11-10-19(28-26(29)37)27-21(33)18(12-14-6-2-1-3-7-14)30-22(34)15-8-4-5-9-16(15)23(30)35/h1-11,17-18,20,24-25,31-32,36H,12-13H2,(H,27,28,33,37)/t17-,18-,20-,24-,25-/m0/s1. The van der Waals surface area contributed by atoms with Crippen molar-refractivity contribution in [2.45, 2.75) is 31.1 Å². The van der Waals surface area contributed by atoms with Crippen molar-refractivity contribution in [2.75, 3.05) is 11.9 Å². The molecule has 0 bridgehead atoms. The topological polar surface area (TPSA) is 171 Å². The van der Waals surface area contributed by atoms with E-state index in [1.165, 1.54) is 24.4 Å². The van der Waals surface area contributed by atoms with Crippen molar-refractivity contribution in [1.29, 1.82) is 0 Å². The van der Waals surface area contributed by atoms with Crippen molar-refractivity contribution in [3.63, 3.8) is 0 Å². The van der Waals surface area contributed by atoms with Gasteiger partial charge in [0.2, 0.25) is 5.91 Å². The fraction of sp³-hybridized carbons (Fsp3) is 0.269. The van der Waals surface area contributed by atoms with Gasteiger partial charge in [0.1, 0.15) is 24.2 Å². The maximum Gasteiger partial charge on any atom is 0.351 e. The summed E-state index contributed by atoms with van der Waals surface area (Å²) in [6.45, 7) is -0.560. The molecular formula is C26H24N4O8. The number of amides is 3. The first-order valence-electron chi connectivity index (χ1n) is 11.8. The van der Waals surface area contributed by atoms with Crippen LogP contribution in [0.4, 0.5) is 5.82 Å². The van der Waals surface area contributed by atoms with Crippen LogP contribution in [0.25, 0.3) is 0 Å². The molecule has 0 radical (unpaired) electrons. The highest BCUT2D eigenvalue weighted by atomic mass is 16.6. The van der Waals surface area contributed by atoms with Gasteiger partial charge in [0, 0.05) is 12.6 Å². The van der Waals surface area contributed by atoms with Crippen LogP contribution in [0, 0.1) is 5.92 Å². The molecule has 5 atom stereocenters. The van der Waals surface area contributed by atoms with Crippen molar-refractivity contribution in [1.82, 2.24) is 14.5 Å². The zero-order chi connectivity index (χ0) is 27.0. The number of carbonyl (C=O) groups excluding carboxylic acids is 3. The first-order valence-corrected chi connectivity index (χ1v) is 11.8. The zero-order valence-corrected chi connectivity index (χ0v) is 19.9. The second-order valence-electron chi connectivity index (χ2n) is 8.98. The minimum absolute atomic E-state index is 0.0269. The Morgan fingerprint density at radius 1 is 0.974 bits per heavy atom. The predicted octanol–water partition coefficient (Wildman–Crippen LogP) is -0.0941. The number of benzene rings is 2. The smallest absolute Gasteiger partial charge is 0.351 e. The Bertz CT molecular complexity index is 1410. The molecule has 3 amide bonds. The number of nitrogens with one attached hydrogen (secondary N) is 1. The van der Waals surface area contributed by atoms with Gasteiger partial charge in [0.25, 0.3) is 11.8 Å². The summed E-state index contributed by atoms with van der Waals surface area (Å²) in [5, 5.41) is 31.8. The molecule has 0 unspecified atom stereocenters. The summed E-state index contributed by atoms with van der Waals surface area (Å²) in [5.41, 5.74) is 0.220. The summed E-state index contributed by atoms with van der Waals surface area (Å²) in [7, 11) is 0. The molecule has 38 heavy (non-hydrogen) atoms. The van der Waals surface area contributed by atoms with Crippen molar-refractivity contribution in [3.05, 3.63) is 94.0 Å². The Morgan fingerprint density at radius 3 is 2.21 bits per heavy atom. The number of anilines is 1. The van der Waals surface area contributed by atoms with Crippen molar-refractivity contribution in [2.24, 2.45) is 5.92 Å². The molecule has 5 rings (SSSR count). The van der Waals surface area contributed by atoms with E-state index < -0.39 is 60.6 Å². The molecule has 3 aromatic rings. The van der Waals surface area contributed by atoms with E-state index >= 15 is 0 Å². The Hall–Kier alpha value is -4.23. The van der Waals surface area contributed by atoms with Gasteiger partial charge in [0.05, 0.1) is 23.7 Å². The van der Waals surface area contributed by atoms with Crippen LogP contribution in [0.3, 0.4) is 0 Å². The Labute approximate surface area is 215 Å². The summed E-state index contributed by atoms with van der Waals surface area (Å²) >= 11 is 0. The van der Waals surface area contributed by atoms with E-state index in [0.29, 0.717) is 5.56 Å². The second-order valence-corrected chi connectivity index (χ2v) is 8.98. The third-order valence-corrected chi connectivity index (χ3v) is 6.65. The number of carbonyl (C=O) groups is 3. The molecule has 1 fully saturated rings. The van der Waals surface area contributed by atoms with Crippen molar-refractivity contribution < 1.29 is 34.4 Å². The van der Waals surface area contributed by atoms with Gasteiger partial charge < -0.3 is 25.4 Å². The molecule has 1 saturated heterocycles. The molecule has 2 aromatic carbocycles. The van der Waals surface area contributed by atoms with Crippen LogP contribution in [0.2, 0.25) is 0 Å². The van der Waals surface area contributed by atoms with E-state index in [0.717, 1.165) is 9.47 Å². The second kappa shape index (κ2) is 10.3. The van der Waals surface area contributed by atoms with Crippen LogP contribution in [0.15, 0.2) is 71.7 Å². The van der Waals surface area contributed by atoms with E-state index in [9.17, 15) is 34.5 Å². The fourth-order valence-corrected chi connectivity index (χ4v) is 4.69. The number of rotatable bonds is 7. The van der Waals surface area contributed by atoms with Crippen molar-refractivity contribution in [3.8, 4) is 0 Å². The van der Waals surface area contributed by atoms with E-state index in [1.807, 2.05) is 0 Å². The number of hydrogen-bond donors (Lipinski definition) is 4. The first kappa shape index (κ1) is 25.4. The molecule has 1 aromatic heterocycles. The summed E-state index contributed by atoms with van der Waals surface area (Å²) in [6.07, 6.45) is -2.92. The molecule has 2 aliphatic heterocycles. The van der Waals surface area contributed by atoms with Crippen molar-refractivity contribution >= 4 is 23.5 Å². The van der Waals surface area contributed by atoms with Crippen LogP contribution in [-0.2, 0) is 16.0 Å². The highest BCUT2D eigenvalue weighted by Crippen LogP contribution is 2.32. The number of ether oxygens (including phenoxy) is 1. The third-order valence-electron chi connectivity index (χ3n) is 6.65. The molecule has 0 saturated carbocycles. The van der Waals surface area contributed by atoms with Crippen LogP contribution in [-0.4, -0.2) is 72.5 Å².